The summed E-state index contributed by atoms with van der Waals surface area (Å²) in [4.78, 5) is 17.7. The van der Waals surface area contributed by atoms with Gasteiger partial charge in [-0.1, -0.05) is 0 Å². The van der Waals surface area contributed by atoms with Crippen LogP contribution in [0.25, 0.3) is 0 Å². The highest BCUT2D eigenvalue weighted by Crippen LogP contribution is 2.28. The van der Waals surface area contributed by atoms with Crippen LogP contribution in [0, 0.1) is 13.7 Å². The molecule has 0 unspecified atom stereocenters. The Labute approximate surface area is 135 Å². The molecule has 1 heterocycles. The molecule has 0 aliphatic heterocycles. The van der Waals surface area contributed by atoms with E-state index in [1.54, 1.807) is 6.07 Å². The minimum absolute atomic E-state index is 0.0556. The Bertz CT molecular complexity index is 655. The summed E-state index contributed by atoms with van der Waals surface area (Å²) >= 11 is 11.2. The van der Waals surface area contributed by atoms with E-state index in [1.807, 2.05) is 12.1 Å². The molecule has 1 N–H and O–H groups in total. The van der Waals surface area contributed by atoms with Gasteiger partial charge in [0.15, 0.2) is 0 Å². The highest BCUT2D eigenvalue weighted by Gasteiger charge is 2.17. The van der Waals surface area contributed by atoms with Gasteiger partial charge in [-0.05, 0) is 68.3 Å². The molecule has 0 saturated heterocycles. The molecule has 0 aliphatic rings. The second kappa shape index (κ2) is 5.97. The first-order valence-electron chi connectivity index (χ1n) is 4.86. The molecule has 98 valence electrons. The summed E-state index contributed by atoms with van der Waals surface area (Å²) in [6.07, 6.45) is 1.07. The summed E-state index contributed by atoms with van der Waals surface area (Å²) < 4.78 is 1.90. The molecule has 0 amide bonds. The second-order valence-electron chi connectivity index (χ2n) is 3.38. The van der Waals surface area contributed by atoms with E-state index in [1.165, 1.54) is 0 Å². The largest absolute Gasteiger partial charge is 0.334 e. The van der Waals surface area contributed by atoms with Gasteiger partial charge in [-0.25, -0.2) is 4.98 Å². The Morgan fingerprint density at radius 3 is 2.84 bits per heavy atom. The monoisotopic (exact) mass is 454 g/mol. The molecule has 1 aromatic carbocycles. The number of nitrogens with one attached hydrogen (secondary N) is 1. The maximum atomic E-state index is 10.9. The van der Waals surface area contributed by atoms with Crippen LogP contribution in [-0.2, 0) is 0 Å². The van der Waals surface area contributed by atoms with E-state index in [0.29, 0.717) is 5.69 Å². The summed E-state index contributed by atoms with van der Waals surface area (Å²) in [5.41, 5.74) is 0.438. The molecule has 0 atom stereocenters. The standard InChI is InChI=1S/C10H5BrClIN4O2/c11-6-2-1-5(3-7(6)13)15-9-8(17(18)19)4-14-10(12)16-9/h1-4H,(H,14,15,16). The zero-order valence-corrected chi connectivity index (χ0v) is 13.6. The summed E-state index contributed by atoms with van der Waals surface area (Å²) in [6.45, 7) is 0. The second-order valence-corrected chi connectivity index (χ2v) is 5.74. The molecule has 2 rings (SSSR count). The zero-order chi connectivity index (χ0) is 14.0. The summed E-state index contributed by atoms with van der Waals surface area (Å²) in [5, 5.41) is 13.7. The van der Waals surface area contributed by atoms with Crippen LogP contribution in [0.3, 0.4) is 0 Å². The first-order valence-corrected chi connectivity index (χ1v) is 7.11. The molecule has 0 bridgehead atoms. The van der Waals surface area contributed by atoms with Gasteiger partial charge < -0.3 is 5.32 Å². The van der Waals surface area contributed by atoms with Gasteiger partial charge in [-0.3, -0.25) is 10.1 Å². The van der Waals surface area contributed by atoms with Crippen LogP contribution < -0.4 is 5.32 Å². The van der Waals surface area contributed by atoms with Crippen molar-refractivity contribution in [3.8, 4) is 0 Å². The fourth-order valence-electron chi connectivity index (χ4n) is 1.29. The molecule has 19 heavy (non-hydrogen) atoms. The molecule has 2 aromatic rings. The number of nitro groups is 1. The molecule has 9 heteroatoms. The molecule has 0 spiro atoms. The third kappa shape index (κ3) is 3.51. The summed E-state index contributed by atoms with van der Waals surface area (Å²) in [5.74, 6) is 0.0584. The van der Waals surface area contributed by atoms with E-state index in [0.717, 1.165) is 14.2 Å². The maximum Gasteiger partial charge on any atom is 0.329 e. The number of benzene rings is 1. The van der Waals surface area contributed by atoms with Crippen molar-refractivity contribution in [2.24, 2.45) is 0 Å². The lowest BCUT2D eigenvalue weighted by Crippen LogP contribution is -2.01. The average Bonchev–Trinajstić information content (AvgIpc) is 2.33. The quantitative estimate of drug-likeness (QED) is 0.326. The first-order chi connectivity index (χ1) is 8.97. The molecule has 0 aliphatic carbocycles. The Kier molecular flexibility index (Phi) is 4.53. The van der Waals surface area contributed by atoms with Crippen molar-refractivity contribution in [2.75, 3.05) is 5.32 Å². The minimum Gasteiger partial charge on any atom is -0.334 e. The molecule has 1 aromatic heterocycles. The molecule has 0 saturated carbocycles. The van der Waals surface area contributed by atoms with E-state index >= 15 is 0 Å². The molecule has 6 nitrogen and oxygen atoms in total. The van der Waals surface area contributed by atoms with Crippen molar-refractivity contribution in [1.82, 2.24) is 9.97 Å². The Morgan fingerprint density at radius 2 is 2.21 bits per heavy atom. The van der Waals surface area contributed by atoms with Gasteiger partial charge in [-0.15, -0.1) is 0 Å². The van der Waals surface area contributed by atoms with Crippen molar-refractivity contribution in [1.29, 1.82) is 0 Å². The minimum atomic E-state index is -0.567. The average molecular weight is 455 g/mol. The number of hydrogen-bond donors (Lipinski definition) is 1. The highest BCUT2D eigenvalue weighted by atomic mass is 127. The van der Waals surface area contributed by atoms with Gasteiger partial charge in [0.1, 0.15) is 6.20 Å². The zero-order valence-electron chi connectivity index (χ0n) is 9.10. The number of aromatic nitrogens is 2. The van der Waals surface area contributed by atoms with Crippen LogP contribution in [0.2, 0.25) is 5.28 Å². The molecular weight excluding hydrogens is 450 g/mol. The topological polar surface area (TPSA) is 81.0 Å². The van der Waals surface area contributed by atoms with Crippen molar-refractivity contribution in [3.05, 3.63) is 47.8 Å². The Hall–Kier alpha value is -1.000. The van der Waals surface area contributed by atoms with Gasteiger partial charge >= 0.3 is 5.69 Å². The van der Waals surface area contributed by atoms with Gasteiger partial charge in [0.05, 0.1) is 4.92 Å². The first kappa shape index (κ1) is 14.4. The predicted octanol–water partition coefficient (Wildman–Crippen LogP) is 4.15. The lowest BCUT2D eigenvalue weighted by molar-refractivity contribution is -0.384. The lowest BCUT2D eigenvalue weighted by atomic mass is 10.3. The normalized spacial score (nSPS) is 10.3. The highest BCUT2D eigenvalue weighted by molar-refractivity contribution is 14.1. The van der Waals surface area contributed by atoms with E-state index < -0.39 is 4.92 Å². The fourth-order valence-corrected chi connectivity index (χ4v) is 2.19. The van der Waals surface area contributed by atoms with Gasteiger partial charge in [0, 0.05) is 13.7 Å². The van der Waals surface area contributed by atoms with Crippen LogP contribution >= 0.6 is 50.1 Å². The lowest BCUT2D eigenvalue weighted by Gasteiger charge is -2.07. The van der Waals surface area contributed by atoms with E-state index in [4.69, 9.17) is 11.6 Å². The smallest absolute Gasteiger partial charge is 0.329 e. The number of nitrogens with zero attached hydrogens (tertiary/aromatic N) is 3. The molecule has 0 radical (unpaired) electrons. The fraction of sp³-hybridized carbons (Fsp3) is 0. The SMILES string of the molecule is O=[N+]([O-])c1cnc(Cl)nc1Nc1ccc(Br)c(I)c1. The van der Waals surface area contributed by atoms with Crippen molar-refractivity contribution in [3.63, 3.8) is 0 Å². The summed E-state index contributed by atoms with van der Waals surface area (Å²) in [6, 6.07) is 5.43. The van der Waals surface area contributed by atoms with Gasteiger partial charge in [-0.2, -0.15) is 4.98 Å². The Balaban J connectivity index is 2.39. The molecule has 0 fully saturated rings. The number of hydrogen-bond acceptors (Lipinski definition) is 5. The maximum absolute atomic E-state index is 10.9. The van der Waals surface area contributed by atoms with Crippen LogP contribution in [0.4, 0.5) is 17.2 Å². The van der Waals surface area contributed by atoms with Crippen molar-refractivity contribution in [2.45, 2.75) is 0 Å². The third-order valence-electron chi connectivity index (χ3n) is 2.12. The van der Waals surface area contributed by atoms with Crippen LogP contribution in [0.15, 0.2) is 28.9 Å². The van der Waals surface area contributed by atoms with Gasteiger partial charge in [0.2, 0.25) is 11.1 Å². The van der Waals surface area contributed by atoms with Crippen molar-refractivity contribution >= 4 is 67.3 Å². The van der Waals surface area contributed by atoms with E-state index in [2.05, 4.69) is 53.8 Å². The van der Waals surface area contributed by atoms with Crippen molar-refractivity contribution < 1.29 is 4.92 Å². The Morgan fingerprint density at radius 1 is 1.47 bits per heavy atom. The third-order valence-corrected chi connectivity index (χ3v) is 4.63. The summed E-state index contributed by atoms with van der Waals surface area (Å²) in [7, 11) is 0. The van der Waals surface area contributed by atoms with Crippen LogP contribution in [0.1, 0.15) is 0 Å². The molecular formula is C10H5BrClIN4O2. The number of anilines is 2. The predicted molar refractivity (Wildman–Crippen MR) is 83.8 cm³/mol. The van der Waals surface area contributed by atoms with E-state index in [9.17, 15) is 10.1 Å². The van der Waals surface area contributed by atoms with Gasteiger partial charge in [0.25, 0.3) is 0 Å². The van der Waals surface area contributed by atoms with Crippen LogP contribution in [0.5, 0.6) is 0 Å². The van der Waals surface area contributed by atoms with E-state index in [-0.39, 0.29) is 16.8 Å². The number of rotatable bonds is 3. The number of halogens is 3. The van der Waals surface area contributed by atoms with Crippen LogP contribution in [-0.4, -0.2) is 14.9 Å².